The van der Waals surface area contributed by atoms with Crippen molar-refractivity contribution in [3.63, 3.8) is 0 Å². The molecule has 1 aromatic heterocycles. The lowest BCUT2D eigenvalue weighted by molar-refractivity contribution is -0.169. The molecule has 0 spiro atoms. The molecule has 1 aromatic rings. The van der Waals surface area contributed by atoms with Crippen molar-refractivity contribution in [2.24, 2.45) is 18.0 Å². The summed E-state index contributed by atoms with van der Waals surface area (Å²) >= 11 is 0. The lowest BCUT2D eigenvalue weighted by Crippen LogP contribution is -2.32. The molecule has 1 heterocycles. The first kappa shape index (κ1) is 16.8. The molecule has 1 saturated carbocycles. The molecule has 0 atom stereocenters. The normalized spacial score (nSPS) is 17.7. The van der Waals surface area contributed by atoms with Gasteiger partial charge in [-0.05, 0) is 18.8 Å². The Hall–Kier alpha value is -1.53. The third-order valence-electron chi connectivity index (χ3n) is 4.12. The number of halogens is 3. The van der Waals surface area contributed by atoms with E-state index in [4.69, 9.17) is 0 Å². The summed E-state index contributed by atoms with van der Waals surface area (Å²) in [6, 6.07) is 1.59. The van der Waals surface area contributed by atoms with E-state index in [1.54, 1.807) is 17.8 Å². The molecule has 0 unspecified atom stereocenters. The summed E-state index contributed by atoms with van der Waals surface area (Å²) in [6.45, 7) is 6.53. The van der Waals surface area contributed by atoms with Crippen molar-refractivity contribution >= 4 is 5.91 Å². The molecule has 7 heteroatoms. The largest absolute Gasteiger partial charge is 0.473 e. The van der Waals surface area contributed by atoms with Crippen LogP contribution in [0.25, 0.3) is 0 Å². The van der Waals surface area contributed by atoms with E-state index in [-0.39, 0.29) is 10.9 Å². The van der Waals surface area contributed by atoms with Gasteiger partial charge in [-0.15, -0.1) is 0 Å². The van der Waals surface area contributed by atoms with Gasteiger partial charge in [0.2, 0.25) is 0 Å². The number of hydrogen-bond donors (Lipinski definition) is 0. The number of aromatic nitrogens is 2. The van der Waals surface area contributed by atoms with Gasteiger partial charge in [0.1, 0.15) is 0 Å². The van der Waals surface area contributed by atoms with Crippen LogP contribution in [0.5, 0.6) is 0 Å². The van der Waals surface area contributed by atoms with Crippen LogP contribution in [0.4, 0.5) is 13.2 Å². The van der Waals surface area contributed by atoms with Crippen LogP contribution in [0, 0.1) is 5.92 Å². The van der Waals surface area contributed by atoms with E-state index in [0.29, 0.717) is 12.5 Å². The smallest absolute Gasteiger partial charge is 0.291 e. The minimum atomic E-state index is -4.94. The molecule has 124 valence electrons. The zero-order valence-corrected chi connectivity index (χ0v) is 13.4. The van der Waals surface area contributed by atoms with Gasteiger partial charge < -0.3 is 0 Å². The first-order valence-electron chi connectivity index (χ1n) is 7.43. The van der Waals surface area contributed by atoms with Crippen molar-refractivity contribution in [2.75, 3.05) is 0 Å². The van der Waals surface area contributed by atoms with Gasteiger partial charge in [0.15, 0.2) is 5.49 Å². The molecule has 1 fully saturated rings. The molecule has 0 aliphatic heterocycles. The minimum absolute atomic E-state index is 0.0849. The zero-order valence-electron chi connectivity index (χ0n) is 13.4. The Balaban J connectivity index is 2.50. The first-order valence-corrected chi connectivity index (χ1v) is 7.43. The van der Waals surface area contributed by atoms with Crippen LogP contribution >= 0.6 is 0 Å². The molecule has 1 aliphatic carbocycles. The van der Waals surface area contributed by atoms with Crippen molar-refractivity contribution in [1.82, 2.24) is 9.36 Å². The van der Waals surface area contributed by atoms with Crippen LogP contribution in [-0.4, -0.2) is 21.4 Å². The quantitative estimate of drug-likeness (QED) is 0.826. The van der Waals surface area contributed by atoms with Gasteiger partial charge in [-0.1, -0.05) is 27.2 Å². The van der Waals surface area contributed by atoms with Crippen LogP contribution < -0.4 is 5.49 Å². The maximum Gasteiger partial charge on any atom is 0.473 e. The van der Waals surface area contributed by atoms with Crippen molar-refractivity contribution < 1.29 is 18.0 Å². The van der Waals surface area contributed by atoms with Crippen molar-refractivity contribution in [1.29, 1.82) is 0 Å². The Bertz CT molecular complexity index is 628. The first-order chi connectivity index (χ1) is 10.00. The molecule has 0 N–H and O–H groups in total. The van der Waals surface area contributed by atoms with Gasteiger partial charge >= 0.3 is 12.1 Å². The van der Waals surface area contributed by atoms with Crippen molar-refractivity contribution in [3.05, 3.63) is 17.2 Å². The van der Waals surface area contributed by atoms with Gasteiger partial charge in [-0.3, -0.25) is 14.2 Å². The summed E-state index contributed by atoms with van der Waals surface area (Å²) in [5, 5.41) is 0. The topological polar surface area (TPSA) is 39.3 Å². The van der Waals surface area contributed by atoms with Gasteiger partial charge in [-0.25, -0.2) is 0 Å². The summed E-state index contributed by atoms with van der Waals surface area (Å²) < 4.78 is 41.0. The maximum atomic E-state index is 12.5. The molecule has 4 nitrogen and oxygen atoms in total. The average molecular weight is 317 g/mol. The number of alkyl halides is 3. The fraction of sp³-hybridized carbons (Fsp3) is 0.733. The molecular formula is C15H22F3N3O. The van der Waals surface area contributed by atoms with Crippen LogP contribution in [0.2, 0.25) is 0 Å². The van der Waals surface area contributed by atoms with Crippen LogP contribution in [-0.2, 0) is 23.8 Å². The van der Waals surface area contributed by atoms with Gasteiger partial charge in [0, 0.05) is 30.8 Å². The lowest BCUT2D eigenvalue weighted by atomic mass is 9.85. The Kier molecular flexibility index (Phi) is 4.28. The summed E-state index contributed by atoms with van der Waals surface area (Å²) in [7, 11) is 1.80. The maximum absolute atomic E-state index is 12.5. The number of rotatable bonds is 2. The Morgan fingerprint density at radius 2 is 1.91 bits per heavy atom. The monoisotopic (exact) mass is 317 g/mol. The second-order valence-electron chi connectivity index (χ2n) is 6.96. The van der Waals surface area contributed by atoms with Gasteiger partial charge in [0.25, 0.3) is 0 Å². The Morgan fingerprint density at radius 3 is 2.32 bits per heavy atom. The molecular weight excluding hydrogens is 295 g/mol. The average Bonchev–Trinajstić information content (AvgIpc) is 2.59. The number of carbonyl (C=O) groups is 1. The standard InChI is InChI=1S/C15H22F3N3O/c1-14(2,3)11-8-12(19-13(22)15(16,17)18)21(20(11)4)9-10-6-5-7-10/h8,10H,5-7,9H2,1-4H3. The zero-order chi connectivity index (χ0) is 16.7. The molecule has 1 amide bonds. The third kappa shape index (κ3) is 3.44. The predicted molar refractivity (Wildman–Crippen MR) is 76.1 cm³/mol. The second-order valence-corrected chi connectivity index (χ2v) is 6.96. The summed E-state index contributed by atoms with van der Waals surface area (Å²) in [6.07, 6.45) is -1.66. The number of nitrogens with zero attached hydrogens (tertiary/aromatic N) is 3. The van der Waals surface area contributed by atoms with E-state index in [2.05, 4.69) is 4.99 Å². The minimum Gasteiger partial charge on any atom is -0.291 e. The highest BCUT2D eigenvalue weighted by Gasteiger charge is 2.38. The molecule has 1 aliphatic rings. The molecule has 0 saturated heterocycles. The van der Waals surface area contributed by atoms with E-state index in [1.807, 2.05) is 25.5 Å². The molecule has 0 aromatic carbocycles. The number of carbonyl (C=O) groups excluding carboxylic acids is 1. The SMILES string of the molecule is Cn1c(C(C)(C)C)cc(=NC(=O)C(F)(F)F)n1CC1CCC1. The van der Waals surface area contributed by atoms with Crippen LogP contribution in [0.1, 0.15) is 45.7 Å². The van der Waals surface area contributed by atoms with Crippen LogP contribution in [0.15, 0.2) is 11.1 Å². The lowest BCUT2D eigenvalue weighted by Gasteiger charge is -2.27. The molecule has 2 rings (SSSR count). The number of amides is 1. The fourth-order valence-electron chi connectivity index (χ4n) is 2.67. The van der Waals surface area contributed by atoms with E-state index in [1.165, 1.54) is 0 Å². The highest BCUT2D eigenvalue weighted by Crippen LogP contribution is 2.28. The molecule has 0 radical (unpaired) electrons. The van der Waals surface area contributed by atoms with E-state index in [0.717, 1.165) is 25.0 Å². The predicted octanol–water partition coefficient (Wildman–Crippen LogP) is 2.91. The Labute approximate surface area is 127 Å². The second kappa shape index (κ2) is 5.59. The van der Waals surface area contributed by atoms with Gasteiger partial charge in [0.05, 0.1) is 0 Å². The molecule has 22 heavy (non-hydrogen) atoms. The Morgan fingerprint density at radius 1 is 1.32 bits per heavy atom. The highest BCUT2D eigenvalue weighted by molar-refractivity contribution is 5.82. The highest BCUT2D eigenvalue weighted by atomic mass is 19.4. The summed E-state index contributed by atoms with van der Waals surface area (Å²) in [5.74, 6) is -1.61. The van der Waals surface area contributed by atoms with E-state index < -0.39 is 12.1 Å². The molecule has 0 bridgehead atoms. The third-order valence-corrected chi connectivity index (χ3v) is 4.12. The fourth-order valence-corrected chi connectivity index (χ4v) is 2.67. The van der Waals surface area contributed by atoms with Crippen molar-refractivity contribution in [2.45, 2.75) is 58.2 Å². The number of hydrogen-bond acceptors (Lipinski definition) is 1. The van der Waals surface area contributed by atoms with E-state index in [9.17, 15) is 18.0 Å². The van der Waals surface area contributed by atoms with E-state index >= 15 is 0 Å². The van der Waals surface area contributed by atoms with Crippen molar-refractivity contribution in [3.8, 4) is 0 Å². The summed E-state index contributed by atoms with van der Waals surface area (Å²) in [5.41, 5.74) is 0.688. The van der Waals surface area contributed by atoms with Gasteiger partial charge in [-0.2, -0.15) is 18.2 Å². The summed E-state index contributed by atoms with van der Waals surface area (Å²) in [4.78, 5) is 14.5. The van der Waals surface area contributed by atoms with Crippen LogP contribution in [0.3, 0.4) is 0 Å².